The third-order valence-electron chi connectivity index (χ3n) is 4.50. The largest absolute Gasteiger partial charge is 0.844 e. The predicted octanol–water partition coefficient (Wildman–Crippen LogP) is -3.74. The number of hydrogen-bond acceptors (Lipinski definition) is 4. The maximum atomic E-state index is 8.92. The zero-order valence-electron chi connectivity index (χ0n) is 19.4. The van der Waals surface area contributed by atoms with E-state index in [0.29, 0.717) is 0 Å². The fraction of sp³-hybridized carbons (Fsp3) is 1.00. The summed E-state index contributed by atoms with van der Waals surface area (Å²) in [5.41, 5.74) is 0. The Morgan fingerprint density at radius 1 is 0.481 bits per heavy atom. The molecule has 0 aliphatic carbocycles. The second kappa shape index (κ2) is 28.6. The van der Waals surface area contributed by atoms with E-state index < -0.39 is 6.72 Å². The third-order valence-corrected chi connectivity index (χ3v) is 4.50. The molecule has 172 valence electrons. The van der Waals surface area contributed by atoms with E-state index in [-0.39, 0.29) is 5.48 Å². The highest BCUT2D eigenvalue weighted by Crippen LogP contribution is 2.04. The Labute approximate surface area is 174 Å². The fourth-order valence-electron chi connectivity index (χ4n) is 2.25. The van der Waals surface area contributed by atoms with Crippen molar-refractivity contribution in [1.29, 1.82) is 0 Å². The lowest BCUT2D eigenvalue weighted by Crippen LogP contribution is -3.11. The van der Waals surface area contributed by atoms with Gasteiger partial charge in [0.15, 0.2) is 0 Å². The van der Waals surface area contributed by atoms with Crippen molar-refractivity contribution < 1.29 is 34.9 Å². The molecule has 0 spiro atoms. The summed E-state index contributed by atoms with van der Waals surface area (Å²) in [7, 11) is 0. The van der Waals surface area contributed by atoms with Crippen molar-refractivity contribution in [3.8, 4) is 0 Å². The molecular formula is C18H50N3O4PS. The first kappa shape index (κ1) is 38.0. The molecule has 0 fully saturated rings. The van der Waals surface area contributed by atoms with Gasteiger partial charge in [-0.15, -0.1) is 0 Å². The van der Waals surface area contributed by atoms with Crippen LogP contribution in [0.2, 0.25) is 0 Å². The van der Waals surface area contributed by atoms with E-state index in [1.54, 1.807) is 14.7 Å². The average molecular weight is 436 g/mol. The molecule has 0 aromatic rings. The molecule has 7 nitrogen and oxygen atoms in total. The molecule has 0 aliphatic heterocycles. The predicted molar refractivity (Wildman–Crippen MR) is 116 cm³/mol. The van der Waals surface area contributed by atoms with Gasteiger partial charge in [0.1, 0.15) is 0 Å². The van der Waals surface area contributed by atoms with Gasteiger partial charge >= 0.3 is 0 Å². The van der Waals surface area contributed by atoms with Gasteiger partial charge in [0.2, 0.25) is 0 Å². The lowest BCUT2D eigenvalue weighted by atomic mass is 10.5. The standard InChI is InChI=1S/3C6H15N.H3O3PS.H2O/c3*1-4-7(5-2)6-3;1-4(2,3)5;/h3*4-6H2,1-3H3;(H3,1,2,3,5);1H2. The third kappa shape index (κ3) is 46.4. The number of hydrogen-bond donors (Lipinski definition) is 3. The molecule has 0 saturated carbocycles. The minimum Gasteiger partial charge on any atom is -0.844 e. The van der Waals surface area contributed by atoms with Crippen molar-refractivity contribution >= 4 is 18.5 Å². The summed E-state index contributed by atoms with van der Waals surface area (Å²) >= 11 is 3.27. The fourth-order valence-corrected chi connectivity index (χ4v) is 2.25. The van der Waals surface area contributed by atoms with Gasteiger partial charge in [0.25, 0.3) is 0 Å². The smallest absolute Gasteiger partial charge is 0.0742 e. The highest BCUT2D eigenvalue weighted by molar-refractivity contribution is 8.04. The van der Waals surface area contributed by atoms with Gasteiger partial charge in [-0.25, -0.2) is 0 Å². The van der Waals surface area contributed by atoms with Crippen LogP contribution in [0.1, 0.15) is 62.3 Å². The molecule has 0 aromatic heterocycles. The molecule has 0 aliphatic rings. The first-order chi connectivity index (χ1) is 12.0. The Morgan fingerprint density at radius 2 is 0.556 bits per heavy atom. The van der Waals surface area contributed by atoms with Crippen LogP contribution < -0.4 is 29.4 Å². The second-order valence-electron chi connectivity index (χ2n) is 5.88. The molecule has 5 N–H and O–H groups in total. The summed E-state index contributed by atoms with van der Waals surface area (Å²) in [4.78, 5) is 31.8. The van der Waals surface area contributed by atoms with Crippen molar-refractivity contribution in [3.63, 3.8) is 0 Å². The van der Waals surface area contributed by atoms with Crippen molar-refractivity contribution in [3.05, 3.63) is 0 Å². The van der Waals surface area contributed by atoms with Gasteiger partial charge in [-0.1, -0.05) is 0 Å². The lowest BCUT2D eigenvalue weighted by molar-refractivity contribution is -0.894. The number of nitrogens with one attached hydrogen (secondary N) is 3. The van der Waals surface area contributed by atoms with Crippen LogP contribution in [-0.4, -0.2) is 64.4 Å². The molecule has 0 heterocycles. The highest BCUT2D eigenvalue weighted by atomic mass is 32.5. The summed E-state index contributed by atoms with van der Waals surface area (Å²) in [6.45, 7) is 26.9. The molecule has 0 amide bonds. The molecule has 0 bridgehead atoms. The van der Waals surface area contributed by atoms with Crippen LogP contribution in [-0.2, 0) is 11.8 Å². The molecule has 0 unspecified atom stereocenters. The van der Waals surface area contributed by atoms with E-state index in [9.17, 15) is 0 Å². The Morgan fingerprint density at radius 3 is 0.556 bits per heavy atom. The van der Waals surface area contributed by atoms with E-state index in [1.807, 2.05) is 0 Å². The monoisotopic (exact) mass is 435 g/mol. The SMILES string of the molecule is CC[NH+](CC)CC.CC[NH+](CC)CC.CC[NH+](CC)CC.O.[O-]P([O-])([O-])=S. The quantitative estimate of drug-likeness (QED) is 0.323. The number of quaternary nitrogens is 3. The van der Waals surface area contributed by atoms with E-state index in [4.69, 9.17) is 14.7 Å². The Kier molecular flexibility index (Phi) is 40.3. The minimum atomic E-state index is -4.56. The molecule has 0 aromatic carbocycles. The molecule has 0 saturated heterocycles. The van der Waals surface area contributed by atoms with Gasteiger partial charge in [-0.3, -0.25) is 0 Å². The van der Waals surface area contributed by atoms with E-state index in [1.165, 1.54) is 58.9 Å². The topological polar surface area (TPSA) is 114 Å². The molecular weight excluding hydrogens is 385 g/mol. The zero-order valence-corrected chi connectivity index (χ0v) is 21.2. The van der Waals surface area contributed by atoms with Gasteiger partial charge in [-0.2, -0.15) is 11.8 Å². The van der Waals surface area contributed by atoms with Gasteiger partial charge in [-0.05, 0) is 62.3 Å². The second-order valence-corrected chi connectivity index (χ2v) is 8.12. The maximum absolute atomic E-state index is 8.92. The molecule has 0 atom stereocenters. The molecule has 27 heavy (non-hydrogen) atoms. The zero-order chi connectivity index (χ0) is 21.6. The van der Waals surface area contributed by atoms with Crippen LogP contribution in [0.4, 0.5) is 0 Å². The highest BCUT2D eigenvalue weighted by Gasteiger charge is 1.94. The van der Waals surface area contributed by atoms with Crippen LogP contribution in [0.15, 0.2) is 0 Å². The minimum absolute atomic E-state index is 0. The molecule has 0 rings (SSSR count). The van der Waals surface area contributed by atoms with Gasteiger partial charge in [0.05, 0.1) is 58.9 Å². The summed E-state index contributed by atoms with van der Waals surface area (Å²) in [5, 5.41) is 0. The van der Waals surface area contributed by atoms with E-state index in [0.717, 1.165) is 0 Å². The summed E-state index contributed by atoms with van der Waals surface area (Å²) in [5.74, 6) is 0. The van der Waals surface area contributed by atoms with Crippen LogP contribution in [0.3, 0.4) is 0 Å². The Balaban J connectivity index is -0.0000000793. The van der Waals surface area contributed by atoms with Crippen LogP contribution in [0.25, 0.3) is 0 Å². The van der Waals surface area contributed by atoms with Crippen LogP contribution in [0.5, 0.6) is 0 Å². The van der Waals surface area contributed by atoms with Crippen LogP contribution >= 0.6 is 6.72 Å². The first-order valence-corrected chi connectivity index (χ1v) is 12.8. The molecule has 0 radical (unpaired) electrons. The average Bonchev–Trinajstić information content (AvgIpc) is 2.59. The van der Waals surface area contributed by atoms with Gasteiger partial charge in [0, 0.05) is 0 Å². The van der Waals surface area contributed by atoms with Crippen LogP contribution in [0, 0.1) is 0 Å². The van der Waals surface area contributed by atoms with Crippen molar-refractivity contribution in [2.24, 2.45) is 0 Å². The summed E-state index contributed by atoms with van der Waals surface area (Å²) < 4.78 is 0. The Hall–Kier alpha value is 0.370. The van der Waals surface area contributed by atoms with Gasteiger partial charge < -0.3 is 41.6 Å². The normalized spacial score (nSPS) is 10.2. The molecule has 9 heteroatoms. The Bertz CT molecular complexity index is 232. The first-order valence-electron chi connectivity index (χ1n) is 10.3. The number of rotatable bonds is 9. The lowest BCUT2D eigenvalue weighted by Gasteiger charge is -2.43. The van der Waals surface area contributed by atoms with E-state index >= 15 is 0 Å². The van der Waals surface area contributed by atoms with Crippen molar-refractivity contribution in [1.82, 2.24) is 0 Å². The summed E-state index contributed by atoms with van der Waals surface area (Å²) in [6.07, 6.45) is 0. The maximum Gasteiger partial charge on any atom is 0.0742 e. The van der Waals surface area contributed by atoms with E-state index in [2.05, 4.69) is 74.1 Å². The summed E-state index contributed by atoms with van der Waals surface area (Å²) in [6, 6.07) is 0. The van der Waals surface area contributed by atoms with Crippen molar-refractivity contribution in [2.75, 3.05) is 58.9 Å². The van der Waals surface area contributed by atoms with Crippen molar-refractivity contribution in [2.45, 2.75) is 62.3 Å².